The van der Waals surface area contributed by atoms with Crippen LogP contribution in [0.5, 0.6) is 5.75 Å². The molecule has 3 N–H and O–H groups in total. The lowest BCUT2D eigenvalue weighted by molar-refractivity contribution is -0.115. The van der Waals surface area contributed by atoms with Gasteiger partial charge in [-0.15, -0.1) is 0 Å². The number of hydrogen-bond donors (Lipinski definition) is 2. The van der Waals surface area contributed by atoms with Crippen LogP contribution in [-0.2, 0) is 11.3 Å². The molecule has 9 heteroatoms. The molecule has 160 valence electrons. The molecular formula is C21H25ClN4O4. The van der Waals surface area contributed by atoms with Crippen molar-refractivity contribution < 1.29 is 9.53 Å². The number of hydrogen-bond acceptors (Lipinski definition) is 5. The van der Waals surface area contributed by atoms with Gasteiger partial charge in [0.25, 0.3) is 11.5 Å². The monoisotopic (exact) mass is 432 g/mol. The van der Waals surface area contributed by atoms with Gasteiger partial charge in [0.2, 0.25) is 0 Å². The van der Waals surface area contributed by atoms with Gasteiger partial charge in [0.1, 0.15) is 18.2 Å². The maximum absolute atomic E-state index is 13.3. The number of aromatic amines is 1. The topological polar surface area (TPSA) is 110 Å². The number of unbranched alkanes of at least 4 members (excludes halogenated alkanes) is 1. The number of fused-ring (bicyclic) bond motifs is 1. The second kappa shape index (κ2) is 9.21. The zero-order valence-corrected chi connectivity index (χ0v) is 17.8. The molecule has 0 atom stereocenters. The van der Waals surface area contributed by atoms with Gasteiger partial charge >= 0.3 is 5.69 Å². The number of benzene rings is 1. The number of carbonyl (C=O) groups is 1. The van der Waals surface area contributed by atoms with Crippen molar-refractivity contribution in [2.75, 3.05) is 23.8 Å². The summed E-state index contributed by atoms with van der Waals surface area (Å²) in [4.78, 5) is 41.8. The van der Waals surface area contributed by atoms with Crippen molar-refractivity contribution in [3.63, 3.8) is 0 Å². The lowest BCUT2D eigenvalue weighted by atomic mass is 10.1. The Kier molecular flexibility index (Phi) is 6.66. The number of ether oxygens (including phenoxy) is 1. The summed E-state index contributed by atoms with van der Waals surface area (Å²) in [5.74, 6) is 0.212. The third-order valence-electron chi connectivity index (χ3n) is 4.87. The molecule has 3 rings (SSSR count). The summed E-state index contributed by atoms with van der Waals surface area (Å²) in [6, 6.07) is 5.16. The Morgan fingerprint density at radius 2 is 2.07 bits per heavy atom. The zero-order valence-electron chi connectivity index (χ0n) is 17.0. The fourth-order valence-corrected chi connectivity index (χ4v) is 3.54. The third kappa shape index (κ3) is 4.28. The van der Waals surface area contributed by atoms with Gasteiger partial charge in [-0.05, 0) is 37.1 Å². The molecule has 0 bridgehead atoms. The van der Waals surface area contributed by atoms with Crippen LogP contribution in [-0.4, -0.2) is 28.6 Å². The van der Waals surface area contributed by atoms with E-state index in [4.69, 9.17) is 22.1 Å². The van der Waals surface area contributed by atoms with Crippen LogP contribution in [0.3, 0.4) is 0 Å². The summed E-state index contributed by atoms with van der Waals surface area (Å²) < 4.78 is 6.99. The van der Waals surface area contributed by atoms with E-state index in [1.54, 1.807) is 24.3 Å². The number of rotatable bonds is 7. The van der Waals surface area contributed by atoms with Crippen LogP contribution >= 0.6 is 11.6 Å². The number of nitrogens with two attached hydrogens (primary N) is 1. The van der Waals surface area contributed by atoms with Gasteiger partial charge in [0.05, 0.1) is 5.57 Å². The molecule has 0 radical (unpaired) electrons. The summed E-state index contributed by atoms with van der Waals surface area (Å²) in [5, 5.41) is 0.524. The summed E-state index contributed by atoms with van der Waals surface area (Å²) in [6.45, 7) is 4.55. The smallest absolute Gasteiger partial charge is 0.330 e. The number of H-pyrrole nitrogens is 1. The number of carbonyl (C=O) groups excluding carboxylic acids is 1. The fourth-order valence-electron chi connectivity index (χ4n) is 3.36. The Morgan fingerprint density at radius 1 is 1.30 bits per heavy atom. The maximum Gasteiger partial charge on any atom is 0.330 e. The Bertz CT molecular complexity index is 1100. The van der Waals surface area contributed by atoms with Crippen molar-refractivity contribution in [2.24, 2.45) is 0 Å². The maximum atomic E-state index is 13.3. The number of amides is 1. The molecule has 0 unspecified atom stereocenters. The summed E-state index contributed by atoms with van der Waals surface area (Å²) in [6.07, 6.45) is 3.86. The fraction of sp³-hybridized carbons (Fsp3) is 0.381. The minimum atomic E-state index is -0.687. The molecule has 0 spiro atoms. The average molecular weight is 433 g/mol. The van der Waals surface area contributed by atoms with E-state index in [0.717, 1.165) is 6.42 Å². The summed E-state index contributed by atoms with van der Waals surface area (Å²) in [5.41, 5.74) is 5.96. The molecule has 30 heavy (non-hydrogen) atoms. The number of anilines is 2. The number of nitrogen functional groups attached to an aromatic ring is 1. The van der Waals surface area contributed by atoms with Crippen LogP contribution in [0.4, 0.5) is 11.5 Å². The van der Waals surface area contributed by atoms with Crippen LogP contribution in [0.1, 0.15) is 38.7 Å². The molecule has 1 aliphatic rings. The predicted octanol–water partition coefficient (Wildman–Crippen LogP) is 2.79. The molecule has 1 aromatic heterocycles. The van der Waals surface area contributed by atoms with Crippen molar-refractivity contribution in [3.05, 3.63) is 55.2 Å². The molecule has 2 heterocycles. The van der Waals surface area contributed by atoms with Gasteiger partial charge in [0.15, 0.2) is 5.69 Å². The highest BCUT2D eigenvalue weighted by Gasteiger charge is 2.28. The van der Waals surface area contributed by atoms with E-state index >= 15 is 0 Å². The van der Waals surface area contributed by atoms with Crippen molar-refractivity contribution in [1.82, 2.24) is 9.55 Å². The molecule has 1 amide bonds. The van der Waals surface area contributed by atoms with Crippen molar-refractivity contribution >= 4 is 35.1 Å². The van der Waals surface area contributed by atoms with Gasteiger partial charge in [0, 0.05) is 23.7 Å². The van der Waals surface area contributed by atoms with Gasteiger partial charge < -0.3 is 15.4 Å². The second-order valence-corrected chi connectivity index (χ2v) is 7.53. The van der Waals surface area contributed by atoms with Crippen LogP contribution in [0.15, 0.2) is 33.4 Å². The SMILES string of the molecule is CCCCn1c(N)c(N(CCC)C(=O)C2=Cc3cc(Cl)ccc3OC2)c(=O)[nH]c1=O. The van der Waals surface area contributed by atoms with E-state index in [0.29, 0.717) is 41.3 Å². The van der Waals surface area contributed by atoms with Crippen molar-refractivity contribution in [2.45, 2.75) is 39.7 Å². The van der Waals surface area contributed by atoms with E-state index in [2.05, 4.69) is 4.98 Å². The van der Waals surface area contributed by atoms with Crippen LogP contribution < -0.4 is 26.6 Å². The lowest BCUT2D eigenvalue weighted by Gasteiger charge is -2.26. The largest absolute Gasteiger partial charge is 0.488 e. The number of nitrogens with one attached hydrogen (secondary N) is 1. The van der Waals surface area contributed by atoms with Crippen LogP contribution in [0, 0.1) is 0 Å². The highest BCUT2D eigenvalue weighted by Crippen LogP contribution is 2.30. The molecule has 0 fully saturated rings. The van der Waals surface area contributed by atoms with Crippen molar-refractivity contribution in [1.29, 1.82) is 0 Å². The van der Waals surface area contributed by atoms with E-state index < -0.39 is 17.2 Å². The first-order valence-corrected chi connectivity index (χ1v) is 10.3. The Morgan fingerprint density at radius 3 is 2.77 bits per heavy atom. The molecule has 0 aliphatic carbocycles. The number of aromatic nitrogens is 2. The summed E-state index contributed by atoms with van der Waals surface area (Å²) >= 11 is 6.05. The highest BCUT2D eigenvalue weighted by atomic mass is 35.5. The van der Waals surface area contributed by atoms with E-state index in [1.807, 2.05) is 13.8 Å². The molecule has 1 aromatic carbocycles. The molecule has 0 saturated carbocycles. The lowest BCUT2D eigenvalue weighted by Crippen LogP contribution is -2.42. The Balaban J connectivity index is 2.05. The molecule has 8 nitrogen and oxygen atoms in total. The third-order valence-corrected chi connectivity index (χ3v) is 5.11. The molecule has 2 aromatic rings. The second-order valence-electron chi connectivity index (χ2n) is 7.10. The van der Waals surface area contributed by atoms with Gasteiger partial charge in [-0.2, -0.15) is 0 Å². The van der Waals surface area contributed by atoms with Crippen molar-refractivity contribution in [3.8, 4) is 5.75 Å². The molecule has 0 saturated heterocycles. The standard InChI is InChI=1S/C21H25ClN4O4/c1-3-5-9-26-18(23)17(19(27)24-21(26)29)25(8-4-2)20(28)14-10-13-11-15(22)6-7-16(13)30-12-14/h6-7,10-11H,3-5,8-9,12,23H2,1-2H3,(H,24,27,29). The van der Waals surface area contributed by atoms with E-state index in [-0.39, 0.29) is 24.7 Å². The molecule has 1 aliphatic heterocycles. The van der Waals surface area contributed by atoms with Crippen LogP contribution in [0.2, 0.25) is 5.02 Å². The Hall–Kier alpha value is -3.00. The van der Waals surface area contributed by atoms with Gasteiger partial charge in [-0.1, -0.05) is 31.9 Å². The van der Waals surface area contributed by atoms with E-state index in [1.165, 1.54) is 9.47 Å². The summed E-state index contributed by atoms with van der Waals surface area (Å²) in [7, 11) is 0. The van der Waals surface area contributed by atoms with Gasteiger partial charge in [-0.25, -0.2) is 4.79 Å². The van der Waals surface area contributed by atoms with Gasteiger partial charge in [-0.3, -0.25) is 19.1 Å². The minimum absolute atomic E-state index is 0.0141. The first-order chi connectivity index (χ1) is 14.4. The van der Waals surface area contributed by atoms with Crippen LogP contribution in [0.25, 0.3) is 6.08 Å². The normalized spacial score (nSPS) is 12.7. The number of nitrogens with zero attached hydrogens (tertiary/aromatic N) is 2. The highest BCUT2D eigenvalue weighted by molar-refractivity contribution is 6.30. The quantitative estimate of drug-likeness (QED) is 0.698. The Labute approximate surface area is 178 Å². The number of halogens is 1. The average Bonchev–Trinajstić information content (AvgIpc) is 2.71. The van der Waals surface area contributed by atoms with E-state index in [9.17, 15) is 14.4 Å². The first kappa shape index (κ1) is 21.7. The minimum Gasteiger partial charge on any atom is -0.488 e. The molecular weight excluding hydrogens is 408 g/mol. The predicted molar refractivity (Wildman–Crippen MR) is 118 cm³/mol. The first-order valence-electron chi connectivity index (χ1n) is 9.94. The zero-order chi connectivity index (χ0) is 21.8.